The van der Waals surface area contributed by atoms with Crippen molar-refractivity contribution in [2.24, 2.45) is 5.41 Å². The van der Waals surface area contributed by atoms with Gasteiger partial charge in [0.1, 0.15) is 12.2 Å². The first-order valence-electron chi connectivity index (χ1n) is 6.25. The fraction of sp³-hybridized carbons (Fsp3) is 0.833. The second kappa shape index (κ2) is 4.53. The monoisotopic (exact) mass is 222 g/mol. The van der Waals surface area contributed by atoms with Crippen LogP contribution < -0.4 is 5.32 Å². The average Bonchev–Trinajstić information content (AvgIpc) is 2.86. The number of hydrogen-bond acceptors (Lipinski definition) is 3. The highest BCUT2D eigenvalue weighted by atomic mass is 15.3. The third kappa shape index (κ3) is 2.61. The van der Waals surface area contributed by atoms with Crippen molar-refractivity contribution in [3.05, 3.63) is 12.2 Å². The van der Waals surface area contributed by atoms with Crippen LogP contribution in [-0.2, 0) is 13.0 Å². The molecule has 1 saturated carbocycles. The Morgan fingerprint density at radius 1 is 1.50 bits per heavy atom. The van der Waals surface area contributed by atoms with Crippen LogP contribution in [0, 0.1) is 5.41 Å². The Morgan fingerprint density at radius 2 is 2.25 bits per heavy atom. The quantitative estimate of drug-likeness (QED) is 0.795. The van der Waals surface area contributed by atoms with E-state index in [1.54, 1.807) is 6.33 Å². The summed E-state index contributed by atoms with van der Waals surface area (Å²) in [6, 6.07) is 0.571. The summed E-state index contributed by atoms with van der Waals surface area (Å²) in [5.74, 6) is 1.14. The molecule has 0 atom stereocenters. The van der Waals surface area contributed by atoms with E-state index in [-0.39, 0.29) is 0 Å². The number of rotatable bonds is 6. The molecule has 90 valence electrons. The highest BCUT2D eigenvalue weighted by Crippen LogP contribution is 2.47. The van der Waals surface area contributed by atoms with E-state index in [1.807, 2.05) is 4.68 Å². The SMILES string of the molecule is CCn1ncnc1CC1(CNC(C)C)CC1. The minimum atomic E-state index is 0.463. The van der Waals surface area contributed by atoms with Crippen molar-refractivity contribution >= 4 is 0 Å². The largest absolute Gasteiger partial charge is 0.314 e. The van der Waals surface area contributed by atoms with Gasteiger partial charge >= 0.3 is 0 Å². The van der Waals surface area contributed by atoms with Gasteiger partial charge in [0.25, 0.3) is 0 Å². The van der Waals surface area contributed by atoms with Gasteiger partial charge in [0.2, 0.25) is 0 Å². The Hall–Kier alpha value is -0.900. The van der Waals surface area contributed by atoms with Crippen molar-refractivity contribution in [3.8, 4) is 0 Å². The maximum atomic E-state index is 4.36. The van der Waals surface area contributed by atoms with Gasteiger partial charge in [-0.1, -0.05) is 13.8 Å². The van der Waals surface area contributed by atoms with Gasteiger partial charge in [-0.3, -0.25) is 4.68 Å². The predicted octanol–water partition coefficient (Wildman–Crippen LogP) is 1.62. The first-order chi connectivity index (χ1) is 7.65. The van der Waals surface area contributed by atoms with Crippen LogP contribution in [0.1, 0.15) is 39.4 Å². The van der Waals surface area contributed by atoms with Crippen molar-refractivity contribution in [3.63, 3.8) is 0 Å². The van der Waals surface area contributed by atoms with Crippen LogP contribution in [0.25, 0.3) is 0 Å². The summed E-state index contributed by atoms with van der Waals surface area (Å²) < 4.78 is 2.01. The molecule has 0 spiro atoms. The topological polar surface area (TPSA) is 42.7 Å². The zero-order valence-electron chi connectivity index (χ0n) is 10.5. The van der Waals surface area contributed by atoms with Crippen molar-refractivity contribution < 1.29 is 0 Å². The average molecular weight is 222 g/mol. The molecule has 2 rings (SSSR count). The van der Waals surface area contributed by atoms with E-state index in [9.17, 15) is 0 Å². The minimum absolute atomic E-state index is 0.463. The molecule has 0 aromatic carbocycles. The highest BCUT2D eigenvalue weighted by molar-refractivity contribution is 5.03. The van der Waals surface area contributed by atoms with E-state index in [1.165, 1.54) is 12.8 Å². The molecule has 0 saturated heterocycles. The van der Waals surface area contributed by atoms with Crippen LogP contribution in [0.3, 0.4) is 0 Å². The molecule has 0 radical (unpaired) electrons. The Morgan fingerprint density at radius 3 is 2.81 bits per heavy atom. The third-order valence-electron chi connectivity index (χ3n) is 3.37. The van der Waals surface area contributed by atoms with Gasteiger partial charge in [-0.15, -0.1) is 0 Å². The molecule has 4 heteroatoms. The summed E-state index contributed by atoms with van der Waals surface area (Å²) in [4.78, 5) is 4.36. The molecule has 1 aromatic rings. The summed E-state index contributed by atoms with van der Waals surface area (Å²) in [6.07, 6.45) is 5.39. The second-order valence-corrected chi connectivity index (χ2v) is 5.20. The molecule has 0 bridgehead atoms. The maximum Gasteiger partial charge on any atom is 0.138 e. The predicted molar refractivity (Wildman–Crippen MR) is 64.2 cm³/mol. The highest BCUT2D eigenvalue weighted by Gasteiger charge is 2.43. The third-order valence-corrected chi connectivity index (χ3v) is 3.37. The fourth-order valence-electron chi connectivity index (χ4n) is 2.04. The van der Waals surface area contributed by atoms with Crippen LogP contribution in [0.4, 0.5) is 0 Å². The van der Waals surface area contributed by atoms with Gasteiger partial charge in [-0.25, -0.2) is 4.98 Å². The molecule has 1 N–H and O–H groups in total. The lowest BCUT2D eigenvalue weighted by molar-refractivity contribution is 0.412. The van der Waals surface area contributed by atoms with Gasteiger partial charge in [-0.2, -0.15) is 5.10 Å². The fourth-order valence-corrected chi connectivity index (χ4v) is 2.04. The number of hydrogen-bond donors (Lipinski definition) is 1. The number of nitrogens with zero attached hydrogens (tertiary/aromatic N) is 3. The molecule has 1 aromatic heterocycles. The molecule has 1 aliphatic carbocycles. The molecule has 0 aliphatic heterocycles. The summed E-state index contributed by atoms with van der Waals surface area (Å²) in [5, 5.41) is 7.77. The minimum Gasteiger partial charge on any atom is -0.314 e. The maximum absolute atomic E-state index is 4.36. The van der Waals surface area contributed by atoms with Crippen molar-refractivity contribution in [2.45, 2.75) is 52.6 Å². The van der Waals surface area contributed by atoms with E-state index in [0.29, 0.717) is 11.5 Å². The Balaban J connectivity index is 1.93. The van der Waals surface area contributed by atoms with Gasteiger partial charge in [0.05, 0.1) is 0 Å². The lowest BCUT2D eigenvalue weighted by atomic mass is 10.0. The van der Waals surface area contributed by atoms with E-state index in [4.69, 9.17) is 0 Å². The number of aromatic nitrogens is 3. The van der Waals surface area contributed by atoms with Crippen molar-refractivity contribution in [1.29, 1.82) is 0 Å². The van der Waals surface area contributed by atoms with Crippen LogP contribution in [0.5, 0.6) is 0 Å². The van der Waals surface area contributed by atoms with Crippen molar-refractivity contribution in [1.82, 2.24) is 20.1 Å². The van der Waals surface area contributed by atoms with Crippen LogP contribution >= 0.6 is 0 Å². The Kier molecular flexibility index (Phi) is 3.28. The summed E-state index contributed by atoms with van der Waals surface area (Å²) in [5.41, 5.74) is 0.463. The molecule has 1 heterocycles. The van der Waals surface area contributed by atoms with Gasteiger partial charge in [0.15, 0.2) is 0 Å². The molecule has 1 aliphatic rings. The Bertz CT molecular complexity index is 339. The van der Waals surface area contributed by atoms with E-state index in [2.05, 4.69) is 36.2 Å². The smallest absolute Gasteiger partial charge is 0.138 e. The van der Waals surface area contributed by atoms with Crippen molar-refractivity contribution in [2.75, 3.05) is 6.54 Å². The first-order valence-corrected chi connectivity index (χ1v) is 6.25. The second-order valence-electron chi connectivity index (χ2n) is 5.20. The van der Waals surface area contributed by atoms with E-state index in [0.717, 1.165) is 25.3 Å². The summed E-state index contributed by atoms with van der Waals surface area (Å²) in [6.45, 7) is 8.55. The molecular formula is C12H22N4. The van der Waals surface area contributed by atoms with Crippen LogP contribution in [0.15, 0.2) is 6.33 Å². The standard InChI is InChI=1S/C12H22N4/c1-4-16-11(14-9-15-16)7-12(5-6-12)8-13-10(2)3/h9-10,13H,4-8H2,1-3H3. The molecular weight excluding hydrogens is 200 g/mol. The normalized spacial score (nSPS) is 18.0. The zero-order chi connectivity index (χ0) is 11.6. The van der Waals surface area contributed by atoms with Gasteiger partial charge in [0, 0.05) is 25.6 Å². The molecule has 1 fully saturated rings. The van der Waals surface area contributed by atoms with E-state index < -0.39 is 0 Å². The lowest BCUT2D eigenvalue weighted by Crippen LogP contribution is -2.31. The first kappa shape index (κ1) is 11.6. The lowest BCUT2D eigenvalue weighted by Gasteiger charge is -2.17. The molecule has 4 nitrogen and oxygen atoms in total. The summed E-state index contributed by atoms with van der Waals surface area (Å²) in [7, 11) is 0. The van der Waals surface area contributed by atoms with Gasteiger partial charge < -0.3 is 5.32 Å². The number of aryl methyl sites for hydroxylation is 1. The van der Waals surface area contributed by atoms with Gasteiger partial charge in [-0.05, 0) is 25.2 Å². The summed E-state index contributed by atoms with van der Waals surface area (Å²) >= 11 is 0. The van der Waals surface area contributed by atoms with E-state index >= 15 is 0 Å². The zero-order valence-corrected chi connectivity index (χ0v) is 10.5. The molecule has 0 unspecified atom stereocenters. The van der Waals surface area contributed by atoms with Crippen LogP contribution in [-0.4, -0.2) is 27.4 Å². The molecule has 16 heavy (non-hydrogen) atoms. The number of nitrogens with one attached hydrogen (secondary N) is 1. The van der Waals surface area contributed by atoms with Crippen LogP contribution in [0.2, 0.25) is 0 Å². The Labute approximate surface area is 97.5 Å². The molecule has 0 amide bonds.